The van der Waals surface area contributed by atoms with Crippen molar-refractivity contribution in [2.45, 2.75) is 44.8 Å². The molecule has 2 aliphatic rings. The maximum absolute atomic E-state index is 9.24. The zero-order valence-corrected chi connectivity index (χ0v) is 7.45. The number of aliphatic hydroxyl groups is 2. The summed E-state index contributed by atoms with van der Waals surface area (Å²) in [4.78, 5) is 0. The van der Waals surface area contributed by atoms with E-state index in [0.717, 1.165) is 0 Å². The number of hydrogen-bond donors (Lipinski definition) is 2. The molecule has 0 spiro atoms. The normalized spacial score (nSPS) is 28.2. The number of rotatable bonds is 3. The zero-order valence-electron chi connectivity index (χ0n) is 7.45. The van der Waals surface area contributed by atoms with E-state index < -0.39 is 6.29 Å². The van der Waals surface area contributed by atoms with Crippen LogP contribution in [-0.4, -0.2) is 16.5 Å². The van der Waals surface area contributed by atoms with Crippen LogP contribution < -0.4 is 0 Å². The molecule has 2 nitrogen and oxygen atoms in total. The van der Waals surface area contributed by atoms with Gasteiger partial charge in [0.15, 0.2) is 6.29 Å². The quantitative estimate of drug-likeness (QED) is 0.630. The molecule has 2 saturated carbocycles. The van der Waals surface area contributed by atoms with Crippen LogP contribution in [0.3, 0.4) is 0 Å². The highest BCUT2D eigenvalue weighted by atomic mass is 16.5. The van der Waals surface area contributed by atoms with Crippen molar-refractivity contribution in [3.05, 3.63) is 0 Å². The van der Waals surface area contributed by atoms with Crippen LogP contribution in [0.15, 0.2) is 0 Å². The molecule has 2 N–H and O–H groups in total. The second kappa shape index (κ2) is 3.35. The minimum absolute atomic E-state index is 0.201. The van der Waals surface area contributed by atoms with E-state index in [9.17, 15) is 10.2 Å². The third kappa shape index (κ3) is 1.64. The second-order valence-corrected chi connectivity index (χ2v) is 4.37. The molecule has 0 amide bonds. The fourth-order valence-electron chi connectivity index (χ4n) is 2.70. The Morgan fingerprint density at radius 2 is 1.33 bits per heavy atom. The Bertz CT molecular complexity index is 144. The van der Waals surface area contributed by atoms with E-state index in [1.807, 2.05) is 0 Å². The molecule has 0 bridgehead atoms. The molecule has 0 aromatic carbocycles. The molecular formula is C10H18O2. The van der Waals surface area contributed by atoms with Crippen LogP contribution in [0.1, 0.15) is 38.5 Å². The maximum atomic E-state index is 9.24. The maximum Gasteiger partial charge on any atom is 0.154 e. The lowest BCUT2D eigenvalue weighted by Crippen LogP contribution is -2.28. The summed E-state index contributed by atoms with van der Waals surface area (Å²) in [5.41, 5.74) is 0. The Labute approximate surface area is 73.6 Å². The van der Waals surface area contributed by atoms with Gasteiger partial charge in [-0.15, -0.1) is 0 Å². The first kappa shape index (κ1) is 8.52. The molecule has 2 aliphatic carbocycles. The molecule has 2 fully saturated rings. The molecule has 1 unspecified atom stereocenters. The van der Waals surface area contributed by atoms with Gasteiger partial charge < -0.3 is 10.2 Å². The predicted octanol–water partition coefficient (Wildman–Crippen LogP) is 1.51. The molecule has 2 rings (SSSR count). The van der Waals surface area contributed by atoms with Crippen LogP contribution in [0.2, 0.25) is 0 Å². The minimum atomic E-state index is -1.06. The first-order valence-corrected chi connectivity index (χ1v) is 5.15. The van der Waals surface area contributed by atoms with Gasteiger partial charge in [0.25, 0.3) is 0 Å². The lowest BCUT2D eigenvalue weighted by molar-refractivity contribution is -0.107. The molecular weight excluding hydrogens is 152 g/mol. The summed E-state index contributed by atoms with van der Waals surface area (Å²) >= 11 is 0. The third-order valence-electron chi connectivity index (χ3n) is 3.45. The van der Waals surface area contributed by atoms with Crippen molar-refractivity contribution >= 4 is 0 Å². The van der Waals surface area contributed by atoms with E-state index in [1.54, 1.807) is 0 Å². The van der Waals surface area contributed by atoms with Crippen molar-refractivity contribution in [3.8, 4) is 0 Å². The van der Waals surface area contributed by atoms with E-state index >= 15 is 0 Å². The molecule has 0 aromatic rings. The van der Waals surface area contributed by atoms with Crippen molar-refractivity contribution in [1.29, 1.82) is 0 Å². The fourth-order valence-corrected chi connectivity index (χ4v) is 2.70. The summed E-state index contributed by atoms with van der Waals surface area (Å²) in [6, 6.07) is 0. The van der Waals surface area contributed by atoms with Gasteiger partial charge in [0.05, 0.1) is 0 Å². The molecule has 0 heterocycles. The monoisotopic (exact) mass is 170 g/mol. The molecule has 70 valence electrons. The first-order chi connectivity index (χ1) is 5.79. The standard InChI is InChI=1S/C10H18O2/c11-10(12)9(8-5-6-8)7-3-1-2-4-7/h7-12H,1-6H2. The summed E-state index contributed by atoms with van der Waals surface area (Å²) in [7, 11) is 0. The highest BCUT2D eigenvalue weighted by Crippen LogP contribution is 2.46. The van der Waals surface area contributed by atoms with Crippen molar-refractivity contribution < 1.29 is 10.2 Å². The van der Waals surface area contributed by atoms with Gasteiger partial charge in [0.1, 0.15) is 0 Å². The topological polar surface area (TPSA) is 40.5 Å². The first-order valence-electron chi connectivity index (χ1n) is 5.15. The molecule has 0 radical (unpaired) electrons. The molecule has 2 heteroatoms. The molecule has 0 saturated heterocycles. The van der Waals surface area contributed by atoms with Gasteiger partial charge in [-0.05, 0) is 37.5 Å². The number of aliphatic hydroxyl groups excluding tert-OH is 1. The van der Waals surface area contributed by atoms with Crippen LogP contribution in [0.4, 0.5) is 0 Å². The van der Waals surface area contributed by atoms with Gasteiger partial charge in [-0.3, -0.25) is 0 Å². The summed E-state index contributed by atoms with van der Waals surface area (Å²) < 4.78 is 0. The smallest absolute Gasteiger partial charge is 0.154 e. The van der Waals surface area contributed by atoms with Crippen molar-refractivity contribution in [2.75, 3.05) is 0 Å². The highest BCUT2D eigenvalue weighted by molar-refractivity contribution is 4.88. The SMILES string of the molecule is OC(O)C(C1CCCC1)C1CC1. The second-order valence-electron chi connectivity index (χ2n) is 4.37. The van der Waals surface area contributed by atoms with E-state index in [4.69, 9.17) is 0 Å². The van der Waals surface area contributed by atoms with E-state index in [2.05, 4.69) is 0 Å². The summed E-state index contributed by atoms with van der Waals surface area (Å²) in [6.07, 6.45) is 6.41. The van der Waals surface area contributed by atoms with Crippen LogP contribution in [0.5, 0.6) is 0 Å². The van der Waals surface area contributed by atoms with Gasteiger partial charge >= 0.3 is 0 Å². The lowest BCUT2D eigenvalue weighted by Gasteiger charge is -2.24. The summed E-state index contributed by atoms with van der Waals surface area (Å²) in [5.74, 6) is 1.44. The molecule has 0 aromatic heterocycles. The summed E-state index contributed by atoms with van der Waals surface area (Å²) in [6.45, 7) is 0. The predicted molar refractivity (Wildman–Crippen MR) is 46.4 cm³/mol. The Kier molecular flexibility index (Phi) is 2.37. The van der Waals surface area contributed by atoms with E-state index in [0.29, 0.717) is 11.8 Å². The average Bonchev–Trinajstić information content (AvgIpc) is 2.65. The molecule has 0 aliphatic heterocycles. The molecule has 12 heavy (non-hydrogen) atoms. The van der Waals surface area contributed by atoms with Crippen molar-refractivity contribution in [2.24, 2.45) is 17.8 Å². The summed E-state index contributed by atoms with van der Waals surface area (Å²) in [5, 5.41) is 18.5. The van der Waals surface area contributed by atoms with Crippen LogP contribution >= 0.6 is 0 Å². The van der Waals surface area contributed by atoms with E-state index in [1.165, 1.54) is 38.5 Å². The van der Waals surface area contributed by atoms with Crippen LogP contribution in [-0.2, 0) is 0 Å². The van der Waals surface area contributed by atoms with Crippen molar-refractivity contribution in [1.82, 2.24) is 0 Å². The Balaban J connectivity index is 1.94. The average molecular weight is 170 g/mol. The van der Waals surface area contributed by atoms with Gasteiger partial charge in [0.2, 0.25) is 0 Å². The van der Waals surface area contributed by atoms with Gasteiger partial charge in [-0.1, -0.05) is 12.8 Å². The van der Waals surface area contributed by atoms with Crippen molar-refractivity contribution in [3.63, 3.8) is 0 Å². The van der Waals surface area contributed by atoms with E-state index in [-0.39, 0.29) is 5.92 Å². The highest BCUT2D eigenvalue weighted by Gasteiger charge is 2.40. The van der Waals surface area contributed by atoms with Gasteiger partial charge in [-0.25, -0.2) is 0 Å². The number of hydrogen-bond acceptors (Lipinski definition) is 2. The Morgan fingerprint density at radius 3 is 1.75 bits per heavy atom. The minimum Gasteiger partial charge on any atom is -0.368 e. The van der Waals surface area contributed by atoms with Crippen LogP contribution in [0, 0.1) is 17.8 Å². The third-order valence-corrected chi connectivity index (χ3v) is 3.45. The van der Waals surface area contributed by atoms with Gasteiger partial charge in [0, 0.05) is 5.92 Å². The fraction of sp³-hybridized carbons (Fsp3) is 1.00. The lowest BCUT2D eigenvalue weighted by atomic mass is 9.86. The van der Waals surface area contributed by atoms with Gasteiger partial charge in [-0.2, -0.15) is 0 Å². The van der Waals surface area contributed by atoms with Crippen LogP contribution in [0.25, 0.3) is 0 Å². The molecule has 1 atom stereocenters. The largest absolute Gasteiger partial charge is 0.368 e. The Morgan fingerprint density at radius 1 is 0.833 bits per heavy atom. The Hall–Kier alpha value is -0.0800. The zero-order chi connectivity index (χ0) is 8.55.